The van der Waals surface area contributed by atoms with Crippen molar-refractivity contribution in [2.45, 2.75) is 25.3 Å². The Balaban J connectivity index is 1.54. The number of aromatic nitrogens is 2. The average molecular weight is 313 g/mol. The van der Waals surface area contributed by atoms with Crippen molar-refractivity contribution in [1.29, 1.82) is 0 Å². The quantitative estimate of drug-likeness (QED) is 0.835. The highest BCUT2D eigenvalue weighted by Crippen LogP contribution is 2.19. The lowest BCUT2D eigenvalue weighted by Crippen LogP contribution is -2.48. The molecule has 6 nitrogen and oxygen atoms in total. The first-order valence-electron chi connectivity index (χ1n) is 7.97. The molecule has 3 rings (SSSR count). The smallest absolute Gasteiger partial charge is 0.224 e. The molecule has 6 heteroatoms. The molecule has 1 fully saturated rings. The summed E-state index contributed by atoms with van der Waals surface area (Å²) in [5.74, 6) is 0.0628. The Morgan fingerprint density at radius 3 is 2.87 bits per heavy atom. The van der Waals surface area contributed by atoms with Crippen LogP contribution in [0.5, 0.6) is 0 Å². The van der Waals surface area contributed by atoms with Crippen LogP contribution in [0.3, 0.4) is 0 Å². The molecule has 1 aromatic heterocycles. The maximum absolute atomic E-state index is 12.2. The molecule has 0 aliphatic carbocycles. The van der Waals surface area contributed by atoms with Crippen LogP contribution in [0.1, 0.15) is 18.4 Å². The van der Waals surface area contributed by atoms with Crippen LogP contribution in [0.2, 0.25) is 0 Å². The van der Waals surface area contributed by atoms with Crippen molar-refractivity contribution in [3.63, 3.8) is 0 Å². The Hall–Kier alpha value is -2.50. The van der Waals surface area contributed by atoms with Crippen molar-refractivity contribution in [3.05, 3.63) is 42.2 Å². The maximum atomic E-state index is 12.2. The summed E-state index contributed by atoms with van der Waals surface area (Å²) in [7, 11) is 1.92. The van der Waals surface area contributed by atoms with E-state index in [1.54, 1.807) is 4.68 Å². The molecule has 1 aliphatic rings. The highest BCUT2D eigenvalue weighted by atomic mass is 16.1. The van der Waals surface area contributed by atoms with Crippen LogP contribution in [0.25, 0.3) is 0 Å². The Labute approximate surface area is 136 Å². The Morgan fingerprint density at radius 2 is 2.17 bits per heavy atom. The summed E-state index contributed by atoms with van der Waals surface area (Å²) in [6.07, 6.45) is 6.37. The van der Waals surface area contributed by atoms with Gasteiger partial charge in [0.1, 0.15) is 0 Å². The van der Waals surface area contributed by atoms with Crippen molar-refractivity contribution in [2.24, 2.45) is 7.05 Å². The van der Waals surface area contributed by atoms with Gasteiger partial charge in [-0.2, -0.15) is 5.10 Å². The molecular weight excluding hydrogens is 290 g/mol. The minimum absolute atomic E-state index is 0.0628. The van der Waals surface area contributed by atoms with Crippen LogP contribution in [-0.2, 0) is 18.3 Å². The molecule has 3 N–H and O–H groups in total. The zero-order chi connectivity index (χ0) is 16.2. The van der Waals surface area contributed by atoms with Crippen molar-refractivity contribution in [2.75, 3.05) is 23.7 Å². The second kappa shape index (κ2) is 6.73. The summed E-state index contributed by atoms with van der Waals surface area (Å²) < 4.78 is 1.80. The number of carbonyl (C=O) groups excluding carboxylic acids is 1. The van der Waals surface area contributed by atoms with Crippen LogP contribution >= 0.6 is 0 Å². The number of nitrogen functional groups attached to an aromatic ring is 1. The van der Waals surface area contributed by atoms with Crippen LogP contribution < -0.4 is 16.0 Å². The van der Waals surface area contributed by atoms with Gasteiger partial charge in [0.05, 0.1) is 18.3 Å². The van der Waals surface area contributed by atoms with Crippen molar-refractivity contribution < 1.29 is 4.79 Å². The van der Waals surface area contributed by atoms with Gasteiger partial charge < -0.3 is 16.0 Å². The van der Waals surface area contributed by atoms with Gasteiger partial charge in [-0.3, -0.25) is 9.48 Å². The molecule has 1 saturated heterocycles. The standard InChI is InChI=1S/C17H23N5O/c1-21-12-16(10-19-21)22-8-2-3-15(11-22)20-17(23)9-13-4-6-14(18)7-5-13/h4-7,10,12,15H,2-3,8-9,11,18H2,1H3,(H,20,23). The van der Waals surface area contributed by atoms with E-state index in [1.165, 1.54) is 0 Å². The molecule has 0 spiro atoms. The highest BCUT2D eigenvalue weighted by molar-refractivity contribution is 5.79. The third-order valence-corrected chi connectivity index (χ3v) is 4.19. The van der Waals surface area contributed by atoms with E-state index >= 15 is 0 Å². The number of nitrogens with two attached hydrogens (primary N) is 1. The second-order valence-electron chi connectivity index (χ2n) is 6.14. The minimum atomic E-state index is 0.0628. The van der Waals surface area contributed by atoms with Crippen LogP contribution in [0.4, 0.5) is 11.4 Å². The average Bonchev–Trinajstić information content (AvgIpc) is 2.96. The molecule has 1 aliphatic heterocycles. The molecule has 0 bridgehead atoms. The monoisotopic (exact) mass is 313 g/mol. The van der Waals surface area contributed by atoms with E-state index < -0.39 is 0 Å². The first kappa shape index (κ1) is 15.4. The number of anilines is 2. The lowest BCUT2D eigenvalue weighted by molar-refractivity contribution is -0.121. The Morgan fingerprint density at radius 1 is 1.39 bits per heavy atom. The van der Waals surface area contributed by atoms with E-state index in [9.17, 15) is 4.79 Å². The summed E-state index contributed by atoms with van der Waals surface area (Å²) in [6.45, 7) is 1.84. The van der Waals surface area contributed by atoms with Crippen molar-refractivity contribution >= 4 is 17.3 Å². The zero-order valence-corrected chi connectivity index (χ0v) is 13.4. The Bertz CT molecular complexity index is 664. The Kier molecular flexibility index (Phi) is 4.50. The minimum Gasteiger partial charge on any atom is -0.399 e. The number of amides is 1. The van der Waals surface area contributed by atoms with E-state index in [0.717, 1.165) is 37.2 Å². The van der Waals surface area contributed by atoms with E-state index in [0.29, 0.717) is 12.1 Å². The van der Waals surface area contributed by atoms with Gasteiger partial charge in [0, 0.05) is 38.1 Å². The van der Waals surface area contributed by atoms with Crippen LogP contribution in [0.15, 0.2) is 36.7 Å². The number of aryl methyl sites for hydroxylation is 1. The van der Waals surface area contributed by atoms with E-state index in [-0.39, 0.29) is 11.9 Å². The fraction of sp³-hybridized carbons (Fsp3) is 0.412. The maximum Gasteiger partial charge on any atom is 0.224 e. The van der Waals surface area contributed by atoms with Crippen molar-refractivity contribution in [3.8, 4) is 0 Å². The fourth-order valence-corrected chi connectivity index (χ4v) is 3.00. The number of benzene rings is 1. The molecular formula is C17H23N5O. The highest BCUT2D eigenvalue weighted by Gasteiger charge is 2.22. The topological polar surface area (TPSA) is 76.2 Å². The molecule has 122 valence electrons. The summed E-state index contributed by atoms with van der Waals surface area (Å²) in [4.78, 5) is 14.5. The number of hydrogen-bond acceptors (Lipinski definition) is 4. The number of nitrogens with one attached hydrogen (secondary N) is 1. The first-order chi connectivity index (χ1) is 11.1. The summed E-state index contributed by atoms with van der Waals surface area (Å²) in [6, 6.07) is 7.64. The number of hydrogen-bond donors (Lipinski definition) is 2. The van der Waals surface area contributed by atoms with Crippen LogP contribution in [0, 0.1) is 0 Å². The largest absolute Gasteiger partial charge is 0.399 e. The zero-order valence-electron chi connectivity index (χ0n) is 13.4. The van der Waals surface area contributed by atoms with Gasteiger partial charge in [-0.15, -0.1) is 0 Å². The third kappa shape index (κ3) is 4.03. The van der Waals surface area contributed by atoms with Gasteiger partial charge in [0.15, 0.2) is 0 Å². The molecule has 2 aromatic rings. The molecule has 1 amide bonds. The second-order valence-corrected chi connectivity index (χ2v) is 6.14. The lowest BCUT2D eigenvalue weighted by Gasteiger charge is -2.33. The van der Waals surface area contributed by atoms with E-state index in [1.807, 2.05) is 43.7 Å². The third-order valence-electron chi connectivity index (χ3n) is 4.19. The molecule has 23 heavy (non-hydrogen) atoms. The number of rotatable bonds is 4. The molecule has 2 heterocycles. The predicted molar refractivity (Wildman–Crippen MR) is 91.1 cm³/mol. The number of carbonyl (C=O) groups is 1. The number of nitrogens with zero attached hydrogens (tertiary/aromatic N) is 3. The van der Waals surface area contributed by atoms with Gasteiger partial charge in [-0.05, 0) is 30.5 Å². The molecule has 1 aromatic carbocycles. The van der Waals surface area contributed by atoms with Crippen LogP contribution in [-0.4, -0.2) is 34.8 Å². The van der Waals surface area contributed by atoms with Crippen molar-refractivity contribution in [1.82, 2.24) is 15.1 Å². The van der Waals surface area contributed by atoms with E-state index in [4.69, 9.17) is 5.73 Å². The molecule has 1 unspecified atom stereocenters. The molecule has 0 radical (unpaired) electrons. The molecule has 0 saturated carbocycles. The van der Waals surface area contributed by atoms with Gasteiger partial charge in [0.25, 0.3) is 0 Å². The fourth-order valence-electron chi connectivity index (χ4n) is 3.00. The summed E-state index contributed by atoms with van der Waals surface area (Å²) in [5, 5.41) is 7.37. The predicted octanol–water partition coefficient (Wildman–Crippen LogP) is 1.33. The summed E-state index contributed by atoms with van der Waals surface area (Å²) >= 11 is 0. The van der Waals surface area contributed by atoms with E-state index in [2.05, 4.69) is 15.3 Å². The number of piperidine rings is 1. The lowest BCUT2D eigenvalue weighted by atomic mass is 10.0. The normalized spacial score (nSPS) is 18.0. The molecule has 1 atom stereocenters. The van der Waals surface area contributed by atoms with Gasteiger partial charge in [-0.25, -0.2) is 0 Å². The van der Waals surface area contributed by atoms with Gasteiger partial charge >= 0.3 is 0 Å². The summed E-state index contributed by atoms with van der Waals surface area (Å²) in [5.41, 5.74) is 8.48. The van der Waals surface area contributed by atoms with Gasteiger partial charge in [0.2, 0.25) is 5.91 Å². The van der Waals surface area contributed by atoms with Gasteiger partial charge in [-0.1, -0.05) is 12.1 Å². The SMILES string of the molecule is Cn1cc(N2CCCC(NC(=O)Cc3ccc(N)cc3)C2)cn1. The first-order valence-corrected chi connectivity index (χ1v) is 7.97.